The van der Waals surface area contributed by atoms with Crippen LogP contribution in [0, 0.1) is 0 Å². The minimum absolute atomic E-state index is 0.282. The molecule has 0 heterocycles. The van der Waals surface area contributed by atoms with Crippen LogP contribution in [0.15, 0.2) is 0 Å². The van der Waals surface area contributed by atoms with Crippen LogP contribution in [0.4, 0.5) is 0 Å². The molecule has 0 saturated heterocycles. The van der Waals surface area contributed by atoms with Gasteiger partial charge in [0.2, 0.25) is 14.1 Å². The highest BCUT2D eigenvalue weighted by molar-refractivity contribution is 7.98. The fourth-order valence-electron chi connectivity index (χ4n) is 0.632. The monoisotopic (exact) mass is 220 g/mol. The minimum Gasteiger partial charge on any atom is -0.514 e. The van der Waals surface area contributed by atoms with Gasteiger partial charge in [0.25, 0.3) is 0 Å². The molecule has 5 heteroatoms. The van der Waals surface area contributed by atoms with E-state index in [0.717, 1.165) is 0 Å². The van der Waals surface area contributed by atoms with Gasteiger partial charge < -0.3 is 4.43 Å². The van der Waals surface area contributed by atoms with E-state index in [-0.39, 0.29) is 6.42 Å². The summed E-state index contributed by atoms with van der Waals surface area (Å²) in [5.41, 5.74) is 0. The van der Waals surface area contributed by atoms with Crippen molar-refractivity contribution < 1.29 is 14.0 Å². The first-order valence-corrected chi connectivity index (χ1v) is 8.92. The molecule has 0 saturated carbocycles. The van der Waals surface area contributed by atoms with Crippen molar-refractivity contribution >= 4 is 31.8 Å². The summed E-state index contributed by atoms with van der Waals surface area (Å²) in [7, 11) is -1.90. The molecule has 0 aliphatic heterocycles. The quantitative estimate of drug-likeness (QED) is 0.522. The van der Waals surface area contributed by atoms with Crippen LogP contribution in [0.3, 0.4) is 0 Å². The molecule has 0 bridgehead atoms. The molecule has 0 aromatic carbocycles. The summed E-state index contributed by atoms with van der Waals surface area (Å²) in [6, 6.07) is 0. The number of hydrogen-bond acceptors (Lipinski definition) is 4. The van der Waals surface area contributed by atoms with E-state index in [2.05, 4.69) is 0 Å². The summed E-state index contributed by atoms with van der Waals surface area (Å²) < 4.78 is 5.04. The van der Waals surface area contributed by atoms with Crippen LogP contribution < -0.4 is 0 Å². The predicted octanol–water partition coefficient (Wildman–Crippen LogP) is 1.69. The molecule has 0 amide bonds. The van der Waals surface area contributed by atoms with Crippen LogP contribution in [0.2, 0.25) is 19.6 Å². The van der Waals surface area contributed by atoms with Gasteiger partial charge in [0.15, 0.2) is 0 Å². The van der Waals surface area contributed by atoms with Crippen LogP contribution in [-0.2, 0) is 14.0 Å². The van der Waals surface area contributed by atoms with Gasteiger partial charge in [0.1, 0.15) is 0 Å². The predicted molar refractivity (Wildman–Crippen MR) is 57.4 cm³/mol. The van der Waals surface area contributed by atoms with Crippen LogP contribution in [0.25, 0.3) is 0 Å². The second kappa shape index (κ2) is 5.44. The maximum atomic E-state index is 11.1. The van der Waals surface area contributed by atoms with Crippen molar-refractivity contribution in [2.75, 3.05) is 12.0 Å². The highest BCUT2D eigenvalue weighted by Crippen LogP contribution is 2.05. The second-order valence-electron chi connectivity index (χ2n) is 3.67. The molecule has 0 aromatic heterocycles. The average molecular weight is 220 g/mol. The SMILES string of the molecule is CSCCC(=O)C(=O)O[Si](C)(C)C. The lowest BCUT2D eigenvalue weighted by atomic mass is 10.3. The van der Waals surface area contributed by atoms with Crippen molar-refractivity contribution in [3.05, 3.63) is 0 Å². The van der Waals surface area contributed by atoms with Crippen molar-refractivity contribution in [3.8, 4) is 0 Å². The third-order valence-corrected chi connectivity index (χ3v) is 2.57. The highest BCUT2D eigenvalue weighted by Gasteiger charge is 2.24. The smallest absolute Gasteiger partial charge is 0.361 e. The highest BCUT2D eigenvalue weighted by atomic mass is 32.2. The molecule has 3 nitrogen and oxygen atoms in total. The zero-order chi connectivity index (χ0) is 10.5. The number of carbonyl (C=O) groups is 2. The molecule has 13 heavy (non-hydrogen) atoms. The van der Waals surface area contributed by atoms with E-state index in [0.29, 0.717) is 5.75 Å². The summed E-state index contributed by atoms with van der Waals surface area (Å²) in [4.78, 5) is 22.2. The van der Waals surface area contributed by atoms with Crippen molar-refractivity contribution in [2.24, 2.45) is 0 Å². The van der Waals surface area contributed by atoms with Crippen molar-refractivity contribution in [2.45, 2.75) is 26.1 Å². The summed E-state index contributed by atoms with van der Waals surface area (Å²) >= 11 is 1.55. The maximum Gasteiger partial charge on any atom is 0.361 e. The van der Waals surface area contributed by atoms with Gasteiger partial charge in [-0.3, -0.25) is 4.79 Å². The lowest BCUT2D eigenvalue weighted by Gasteiger charge is -2.16. The van der Waals surface area contributed by atoms with Crippen molar-refractivity contribution in [3.63, 3.8) is 0 Å². The van der Waals surface area contributed by atoms with E-state index >= 15 is 0 Å². The zero-order valence-corrected chi connectivity index (χ0v) is 10.4. The Morgan fingerprint density at radius 1 is 1.31 bits per heavy atom. The second-order valence-corrected chi connectivity index (χ2v) is 9.08. The Kier molecular flexibility index (Phi) is 5.32. The third kappa shape index (κ3) is 6.83. The Balaban J connectivity index is 3.91. The Morgan fingerprint density at radius 3 is 2.23 bits per heavy atom. The summed E-state index contributed by atoms with van der Waals surface area (Å²) in [5.74, 6) is -0.385. The maximum absolute atomic E-state index is 11.1. The standard InChI is InChI=1S/C8H16O3SSi/c1-12-6-5-7(9)8(10)11-13(2,3)4/h5-6H2,1-4H3. The van der Waals surface area contributed by atoms with Gasteiger partial charge in [-0.05, 0) is 25.9 Å². The fraction of sp³-hybridized carbons (Fsp3) is 0.750. The molecule has 76 valence electrons. The van der Waals surface area contributed by atoms with E-state index in [1.165, 1.54) is 0 Å². The van der Waals surface area contributed by atoms with Gasteiger partial charge in [-0.2, -0.15) is 11.8 Å². The fourth-order valence-corrected chi connectivity index (χ4v) is 1.69. The zero-order valence-electron chi connectivity index (χ0n) is 8.55. The molecule has 0 aliphatic carbocycles. The number of rotatable bonds is 5. The number of ketones is 1. The minimum atomic E-state index is -1.90. The van der Waals surface area contributed by atoms with Gasteiger partial charge in [-0.15, -0.1) is 0 Å². The van der Waals surface area contributed by atoms with Crippen molar-refractivity contribution in [1.29, 1.82) is 0 Å². The molecule has 0 aliphatic rings. The largest absolute Gasteiger partial charge is 0.514 e. The molecule has 0 rings (SSSR count). The Bertz CT molecular complexity index is 198. The molecular formula is C8H16O3SSi. The first kappa shape index (κ1) is 12.7. The van der Waals surface area contributed by atoms with Crippen LogP contribution >= 0.6 is 11.8 Å². The van der Waals surface area contributed by atoms with E-state index in [4.69, 9.17) is 4.43 Å². The van der Waals surface area contributed by atoms with E-state index in [1.54, 1.807) is 11.8 Å². The number of thioether (sulfide) groups is 1. The Hall–Kier alpha value is -0.293. The van der Waals surface area contributed by atoms with E-state index in [1.807, 2.05) is 25.9 Å². The topological polar surface area (TPSA) is 43.4 Å². The van der Waals surface area contributed by atoms with Crippen LogP contribution in [-0.4, -0.2) is 32.1 Å². The molecular weight excluding hydrogens is 204 g/mol. The summed E-state index contributed by atoms with van der Waals surface area (Å²) in [5, 5.41) is 0. The Labute approximate surface area is 84.4 Å². The molecule has 0 N–H and O–H groups in total. The van der Waals surface area contributed by atoms with E-state index in [9.17, 15) is 9.59 Å². The molecule has 0 radical (unpaired) electrons. The average Bonchev–Trinajstić information content (AvgIpc) is 1.96. The van der Waals surface area contributed by atoms with Gasteiger partial charge in [0.05, 0.1) is 0 Å². The molecule has 0 atom stereocenters. The number of hydrogen-bond donors (Lipinski definition) is 0. The van der Waals surface area contributed by atoms with E-state index < -0.39 is 20.1 Å². The van der Waals surface area contributed by atoms with Gasteiger partial charge in [-0.1, -0.05) is 0 Å². The van der Waals surface area contributed by atoms with Crippen molar-refractivity contribution in [1.82, 2.24) is 0 Å². The van der Waals surface area contributed by atoms with Gasteiger partial charge in [-0.25, -0.2) is 4.79 Å². The van der Waals surface area contributed by atoms with Crippen LogP contribution in [0.1, 0.15) is 6.42 Å². The summed E-state index contributed by atoms with van der Waals surface area (Å²) in [6.45, 7) is 5.65. The molecule has 0 spiro atoms. The van der Waals surface area contributed by atoms with Gasteiger partial charge >= 0.3 is 5.97 Å². The first-order chi connectivity index (χ1) is 5.87. The third-order valence-electron chi connectivity index (χ3n) is 1.16. The van der Waals surface area contributed by atoms with Crippen LogP contribution in [0.5, 0.6) is 0 Å². The first-order valence-electron chi connectivity index (χ1n) is 4.12. The van der Waals surface area contributed by atoms with Gasteiger partial charge in [0, 0.05) is 12.2 Å². The molecule has 0 unspecified atom stereocenters. The normalized spacial score (nSPS) is 11.1. The molecule has 0 aromatic rings. The summed E-state index contributed by atoms with van der Waals surface area (Å²) in [6.07, 6.45) is 2.18. The lowest BCUT2D eigenvalue weighted by Crippen LogP contribution is -2.33. The number of carbonyl (C=O) groups excluding carboxylic acids is 2. The lowest BCUT2D eigenvalue weighted by molar-refractivity contribution is -0.147. The number of Topliss-reactive ketones (excluding diaryl/α,β-unsaturated/α-hetero) is 1. The molecule has 0 fully saturated rings. The Morgan fingerprint density at radius 2 is 1.85 bits per heavy atom.